The standard InChI is InChI=1S/C19H19ClN2O4/c20-14-5-7-15(8-6-14)26-17-4-2-1-3-16(17)21-18(23)13-9-11-22(12-10-13)19(24)25/h1-8,13H,9-12H2,(H,21,23)(H,24,25). The van der Waals surface area contributed by atoms with Crippen LogP contribution < -0.4 is 10.1 Å². The third-order valence-corrected chi connectivity index (χ3v) is 4.57. The molecule has 0 unspecified atom stereocenters. The van der Waals surface area contributed by atoms with Crippen LogP contribution in [0.1, 0.15) is 12.8 Å². The van der Waals surface area contributed by atoms with Gasteiger partial charge in [0.05, 0.1) is 5.69 Å². The summed E-state index contributed by atoms with van der Waals surface area (Å²) >= 11 is 5.88. The molecule has 2 aromatic carbocycles. The van der Waals surface area contributed by atoms with Gasteiger partial charge in [0.25, 0.3) is 0 Å². The Hall–Kier alpha value is -2.73. The van der Waals surface area contributed by atoms with Crippen LogP contribution in [-0.4, -0.2) is 35.1 Å². The Morgan fingerprint density at radius 2 is 1.73 bits per heavy atom. The van der Waals surface area contributed by atoms with Crippen LogP contribution in [0, 0.1) is 5.92 Å². The number of ether oxygens (including phenoxy) is 1. The van der Waals surface area contributed by atoms with Crippen LogP contribution in [0.15, 0.2) is 48.5 Å². The molecule has 7 heteroatoms. The molecule has 1 aliphatic heterocycles. The molecular weight excluding hydrogens is 356 g/mol. The summed E-state index contributed by atoms with van der Waals surface area (Å²) in [6, 6.07) is 14.2. The van der Waals surface area contributed by atoms with Gasteiger partial charge in [-0.05, 0) is 49.2 Å². The number of carbonyl (C=O) groups is 2. The maximum absolute atomic E-state index is 12.5. The molecule has 2 aromatic rings. The number of nitrogens with zero attached hydrogens (tertiary/aromatic N) is 1. The molecule has 2 amide bonds. The molecule has 6 nitrogen and oxygen atoms in total. The molecule has 1 aliphatic rings. The van der Waals surface area contributed by atoms with Crippen LogP contribution in [0.2, 0.25) is 5.02 Å². The van der Waals surface area contributed by atoms with Crippen molar-refractivity contribution < 1.29 is 19.4 Å². The van der Waals surface area contributed by atoms with Gasteiger partial charge in [-0.15, -0.1) is 0 Å². The fourth-order valence-electron chi connectivity index (χ4n) is 2.86. The Morgan fingerprint density at radius 3 is 2.38 bits per heavy atom. The second kappa shape index (κ2) is 8.10. The molecule has 0 spiro atoms. The van der Waals surface area contributed by atoms with Gasteiger partial charge in [-0.3, -0.25) is 4.79 Å². The first-order valence-electron chi connectivity index (χ1n) is 8.34. The number of amides is 2. The summed E-state index contributed by atoms with van der Waals surface area (Å²) in [5.41, 5.74) is 0.577. The first kappa shape index (κ1) is 18.1. The highest BCUT2D eigenvalue weighted by molar-refractivity contribution is 6.30. The average molecular weight is 375 g/mol. The highest BCUT2D eigenvalue weighted by Gasteiger charge is 2.27. The van der Waals surface area contributed by atoms with E-state index in [9.17, 15) is 9.59 Å². The molecule has 0 radical (unpaired) electrons. The highest BCUT2D eigenvalue weighted by atomic mass is 35.5. The first-order valence-corrected chi connectivity index (χ1v) is 8.72. The third-order valence-electron chi connectivity index (χ3n) is 4.32. The predicted octanol–water partition coefficient (Wildman–Crippen LogP) is 4.46. The lowest BCUT2D eigenvalue weighted by Gasteiger charge is -2.29. The zero-order valence-corrected chi connectivity index (χ0v) is 14.8. The van der Waals surface area contributed by atoms with Gasteiger partial charge in [-0.25, -0.2) is 4.79 Å². The lowest BCUT2D eigenvalue weighted by Crippen LogP contribution is -2.40. The van der Waals surface area contributed by atoms with E-state index in [1.54, 1.807) is 36.4 Å². The van der Waals surface area contributed by atoms with Crippen molar-refractivity contribution in [2.75, 3.05) is 18.4 Å². The lowest BCUT2D eigenvalue weighted by atomic mass is 9.96. The van der Waals surface area contributed by atoms with Crippen molar-refractivity contribution in [3.8, 4) is 11.5 Å². The largest absolute Gasteiger partial charge is 0.465 e. The van der Waals surface area contributed by atoms with Crippen LogP contribution >= 0.6 is 11.6 Å². The van der Waals surface area contributed by atoms with Crippen molar-refractivity contribution >= 4 is 29.3 Å². The number of carboxylic acid groups (broad SMARTS) is 1. The SMILES string of the molecule is O=C(Nc1ccccc1Oc1ccc(Cl)cc1)C1CCN(C(=O)O)CC1. The molecule has 2 N–H and O–H groups in total. The third kappa shape index (κ3) is 4.46. The fraction of sp³-hybridized carbons (Fsp3) is 0.263. The van der Waals surface area contributed by atoms with Crippen molar-refractivity contribution in [3.63, 3.8) is 0 Å². The minimum absolute atomic E-state index is 0.123. The number of hydrogen-bond donors (Lipinski definition) is 2. The summed E-state index contributed by atoms with van der Waals surface area (Å²) in [5.74, 6) is 0.813. The molecule has 136 valence electrons. The van der Waals surface area contributed by atoms with Crippen LogP contribution in [0.5, 0.6) is 11.5 Å². The molecular formula is C19H19ClN2O4. The first-order chi connectivity index (χ1) is 12.5. The Kier molecular flexibility index (Phi) is 5.63. The van der Waals surface area contributed by atoms with Gasteiger partial charge in [0.2, 0.25) is 5.91 Å². The molecule has 0 saturated carbocycles. The minimum Gasteiger partial charge on any atom is -0.465 e. The van der Waals surface area contributed by atoms with Gasteiger partial charge in [0.15, 0.2) is 5.75 Å². The van der Waals surface area contributed by atoms with Gasteiger partial charge in [0.1, 0.15) is 5.75 Å². The second-order valence-electron chi connectivity index (χ2n) is 6.09. The summed E-state index contributed by atoms with van der Waals surface area (Å²) in [7, 11) is 0. The molecule has 26 heavy (non-hydrogen) atoms. The average Bonchev–Trinajstić information content (AvgIpc) is 2.65. The number of rotatable bonds is 4. The monoisotopic (exact) mass is 374 g/mol. The molecule has 1 fully saturated rings. The van der Waals surface area contributed by atoms with Crippen LogP contribution in [0.25, 0.3) is 0 Å². The smallest absolute Gasteiger partial charge is 0.407 e. The molecule has 0 bridgehead atoms. The number of hydrogen-bond acceptors (Lipinski definition) is 3. The van der Waals surface area contributed by atoms with Crippen LogP contribution in [-0.2, 0) is 4.79 Å². The zero-order chi connectivity index (χ0) is 18.5. The number of carbonyl (C=O) groups excluding carboxylic acids is 1. The number of para-hydroxylation sites is 2. The lowest BCUT2D eigenvalue weighted by molar-refractivity contribution is -0.121. The maximum atomic E-state index is 12.5. The van der Waals surface area contributed by atoms with E-state index in [1.807, 2.05) is 12.1 Å². The number of benzene rings is 2. The van der Waals surface area contributed by atoms with Crippen molar-refractivity contribution in [3.05, 3.63) is 53.6 Å². The summed E-state index contributed by atoms with van der Waals surface area (Å²) in [5, 5.41) is 12.5. The molecule has 0 aliphatic carbocycles. The van der Waals surface area contributed by atoms with Crippen molar-refractivity contribution in [1.29, 1.82) is 0 Å². The summed E-state index contributed by atoms with van der Waals surface area (Å²) < 4.78 is 5.84. The van der Waals surface area contributed by atoms with Crippen molar-refractivity contribution in [1.82, 2.24) is 4.90 Å². The minimum atomic E-state index is -0.939. The molecule has 0 atom stereocenters. The predicted molar refractivity (Wildman–Crippen MR) is 98.9 cm³/mol. The second-order valence-corrected chi connectivity index (χ2v) is 6.52. The quantitative estimate of drug-likeness (QED) is 0.828. The van der Waals surface area contributed by atoms with E-state index < -0.39 is 6.09 Å². The van der Waals surface area contributed by atoms with E-state index in [0.717, 1.165) is 0 Å². The van der Waals surface area contributed by atoms with Gasteiger partial charge < -0.3 is 20.1 Å². The summed E-state index contributed by atoms with van der Waals surface area (Å²) in [4.78, 5) is 24.8. The zero-order valence-electron chi connectivity index (χ0n) is 14.0. The van der Waals surface area contributed by atoms with E-state index in [1.165, 1.54) is 4.90 Å². The van der Waals surface area contributed by atoms with Crippen molar-refractivity contribution in [2.24, 2.45) is 5.92 Å². The normalized spacial score (nSPS) is 14.7. The van der Waals surface area contributed by atoms with E-state index >= 15 is 0 Å². The fourth-order valence-corrected chi connectivity index (χ4v) is 2.98. The summed E-state index contributed by atoms with van der Waals surface area (Å²) in [6.07, 6.45) is 0.0852. The highest BCUT2D eigenvalue weighted by Crippen LogP contribution is 2.31. The maximum Gasteiger partial charge on any atom is 0.407 e. The number of likely N-dealkylation sites (tertiary alicyclic amines) is 1. The number of halogens is 1. The molecule has 3 rings (SSSR count). The molecule has 0 aromatic heterocycles. The number of anilines is 1. The van der Waals surface area contributed by atoms with Gasteiger partial charge in [-0.2, -0.15) is 0 Å². The van der Waals surface area contributed by atoms with Crippen molar-refractivity contribution in [2.45, 2.75) is 12.8 Å². The van der Waals surface area contributed by atoms with Crippen LogP contribution in [0.4, 0.5) is 10.5 Å². The van der Waals surface area contributed by atoms with E-state index in [-0.39, 0.29) is 11.8 Å². The van der Waals surface area contributed by atoms with Crippen LogP contribution in [0.3, 0.4) is 0 Å². The topological polar surface area (TPSA) is 78.9 Å². The van der Waals surface area contributed by atoms with E-state index in [0.29, 0.717) is 48.1 Å². The molecule has 1 saturated heterocycles. The van der Waals surface area contributed by atoms with Gasteiger partial charge in [0, 0.05) is 24.0 Å². The Labute approximate surface area is 156 Å². The Balaban J connectivity index is 1.65. The Bertz CT molecular complexity index is 786. The van der Waals surface area contributed by atoms with Gasteiger partial charge >= 0.3 is 6.09 Å². The van der Waals surface area contributed by atoms with Gasteiger partial charge in [-0.1, -0.05) is 23.7 Å². The Morgan fingerprint density at radius 1 is 1.08 bits per heavy atom. The summed E-state index contributed by atoms with van der Waals surface area (Å²) in [6.45, 7) is 0.743. The van der Waals surface area contributed by atoms with E-state index in [4.69, 9.17) is 21.4 Å². The molecule has 1 heterocycles. The van der Waals surface area contributed by atoms with E-state index in [2.05, 4.69) is 5.32 Å². The number of piperidine rings is 1. The number of nitrogens with one attached hydrogen (secondary N) is 1.